The molecule has 1 rings (SSSR count). The highest BCUT2D eigenvalue weighted by molar-refractivity contribution is 4.72. The second kappa shape index (κ2) is 16.1. The molecule has 0 aromatic rings. The molecule has 0 spiro atoms. The number of hydrogen-bond acceptors (Lipinski definition) is 2. The van der Waals surface area contributed by atoms with Gasteiger partial charge in [-0.15, -0.1) is 0 Å². The van der Waals surface area contributed by atoms with Crippen molar-refractivity contribution in [1.82, 2.24) is 4.90 Å². The fourth-order valence-corrected chi connectivity index (χ4v) is 4.17. The molecule has 25 heavy (non-hydrogen) atoms. The lowest BCUT2D eigenvalue weighted by atomic mass is 10.0. The van der Waals surface area contributed by atoms with Crippen molar-refractivity contribution in [2.24, 2.45) is 0 Å². The maximum absolute atomic E-state index is 5.80. The third kappa shape index (κ3) is 13.7. The topological polar surface area (TPSA) is 12.5 Å². The van der Waals surface area contributed by atoms with Crippen LogP contribution in [0.25, 0.3) is 0 Å². The molecule has 150 valence electrons. The molecule has 2 unspecified atom stereocenters. The number of unbranched alkanes of at least 4 members (excludes halogenated alkanes) is 14. The lowest BCUT2D eigenvalue weighted by Gasteiger charge is -2.35. The molecule has 0 radical (unpaired) electrons. The minimum atomic E-state index is 0.417. The second-order valence-electron chi connectivity index (χ2n) is 8.47. The zero-order chi connectivity index (χ0) is 18.2. The van der Waals surface area contributed by atoms with Gasteiger partial charge in [0.25, 0.3) is 0 Å². The van der Waals surface area contributed by atoms with Gasteiger partial charge in [-0.05, 0) is 26.8 Å². The van der Waals surface area contributed by atoms with Crippen molar-refractivity contribution in [1.29, 1.82) is 0 Å². The van der Waals surface area contributed by atoms with E-state index in [9.17, 15) is 0 Å². The smallest absolute Gasteiger partial charge is 0.0678 e. The molecule has 0 bridgehead atoms. The van der Waals surface area contributed by atoms with Crippen molar-refractivity contribution in [2.45, 2.75) is 129 Å². The largest absolute Gasteiger partial charge is 0.373 e. The summed E-state index contributed by atoms with van der Waals surface area (Å²) in [4.78, 5) is 2.60. The number of ether oxygens (including phenoxy) is 1. The first kappa shape index (κ1) is 23.0. The molecule has 1 heterocycles. The molecule has 1 fully saturated rings. The lowest BCUT2D eigenvalue weighted by Crippen LogP contribution is -2.45. The molecule has 0 amide bonds. The number of nitrogens with zero attached hydrogens (tertiary/aromatic N) is 1. The molecular weight excluding hydrogens is 306 g/mol. The molecule has 1 aliphatic rings. The average Bonchev–Trinajstić information content (AvgIpc) is 2.57. The minimum absolute atomic E-state index is 0.417. The molecule has 0 aliphatic carbocycles. The summed E-state index contributed by atoms with van der Waals surface area (Å²) in [5.41, 5.74) is 0. The van der Waals surface area contributed by atoms with Crippen LogP contribution in [0.15, 0.2) is 0 Å². The Morgan fingerprint density at radius 2 is 0.960 bits per heavy atom. The Hall–Kier alpha value is -0.0800. The SMILES string of the molecule is CCCCCCCCCCCCCCCCCN1CC(C)OC(C)C1. The van der Waals surface area contributed by atoms with E-state index in [2.05, 4.69) is 25.7 Å². The standard InChI is InChI=1S/C23H47NO/c1-4-5-6-7-8-9-10-11-12-13-14-15-16-17-18-19-24-20-22(2)25-23(3)21-24/h22-23H,4-21H2,1-3H3. The van der Waals surface area contributed by atoms with E-state index in [-0.39, 0.29) is 0 Å². The van der Waals surface area contributed by atoms with E-state index in [1.54, 1.807) is 0 Å². The van der Waals surface area contributed by atoms with E-state index in [1.807, 2.05) is 0 Å². The van der Waals surface area contributed by atoms with Crippen LogP contribution in [0, 0.1) is 0 Å². The minimum Gasteiger partial charge on any atom is -0.373 e. The highest BCUT2D eigenvalue weighted by atomic mass is 16.5. The summed E-state index contributed by atoms with van der Waals surface area (Å²) in [6.45, 7) is 10.2. The number of morpholine rings is 1. The first-order valence-electron chi connectivity index (χ1n) is 11.6. The van der Waals surface area contributed by atoms with Crippen molar-refractivity contribution in [3.05, 3.63) is 0 Å². The first-order valence-corrected chi connectivity index (χ1v) is 11.6. The fourth-order valence-electron chi connectivity index (χ4n) is 4.17. The van der Waals surface area contributed by atoms with Gasteiger partial charge in [-0.1, -0.05) is 96.8 Å². The van der Waals surface area contributed by atoms with Crippen molar-refractivity contribution >= 4 is 0 Å². The van der Waals surface area contributed by atoms with Crippen LogP contribution in [0.1, 0.15) is 117 Å². The molecule has 0 saturated carbocycles. The number of hydrogen-bond donors (Lipinski definition) is 0. The van der Waals surface area contributed by atoms with Gasteiger partial charge in [0.2, 0.25) is 0 Å². The summed E-state index contributed by atoms with van der Waals surface area (Å²) in [5, 5.41) is 0. The number of rotatable bonds is 16. The average molecular weight is 354 g/mol. The van der Waals surface area contributed by atoms with Gasteiger partial charge in [-0.3, -0.25) is 4.90 Å². The van der Waals surface area contributed by atoms with Gasteiger partial charge in [0.05, 0.1) is 12.2 Å². The Bertz CT molecular complexity index is 271. The summed E-state index contributed by atoms with van der Waals surface area (Å²) in [5.74, 6) is 0. The molecule has 2 atom stereocenters. The Morgan fingerprint density at radius 1 is 0.600 bits per heavy atom. The summed E-state index contributed by atoms with van der Waals surface area (Å²) >= 11 is 0. The van der Waals surface area contributed by atoms with E-state index in [0.717, 1.165) is 13.1 Å². The van der Waals surface area contributed by atoms with Gasteiger partial charge in [-0.25, -0.2) is 0 Å². The maximum Gasteiger partial charge on any atom is 0.0678 e. The molecule has 1 aliphatic heterocycles. The summed E-state index contributed by atoms with van der Waals surface area (Å²) in [7, 11) is 0. The van der Waals surface area contributed by atoms with Gasteiger partial charge in [0, 0.05) is 13.1 Å². The fraction of sp³-hybridized carbons (Fsp3) is 1.00. The quantitative estimate of drug-likeness (QED) is 0.278. The van der Waals surface area contributed by atoms with Crippen LogP contribution >= 0.6 is 0 Å². The molecular formula is C23H47NO. The highest BCUT2D eigenvalue weighted by Gasteiger charge is 2.21. The summed E-state index contributed by atoms with van der Waals surface area (Å²) in [6, 6.07) is 0. The second-order valence-corrected chi connectivity index (χ2v) is 8.47. The predicted octanol–water partition coefficient (Wildman–Crippen LogP) is 6.97. The van der Waals surface area contributed by atoms with E-state index in [0.29, 0.717) is 12.2 Å². The third-order valence-corrected chi connectivity index (χ3v) is 5.57. The van der Waals surface area contributed by atoms with Gasteiger partial charge in [0.1, 0.15) is 0 Å². The summed E-state index contributed by atoms with van der Waals surface area (Å²) in [6.07, 6.45) is 22.5. The van der Waals surface area contributed by atoms with Gasteiger partial charge < -0.3 is 4.74 Å². The van der Waals surface area contributed by atoms with Crippen molar-refractivity contribution in [2.75, 3.05) is 19.6 Å². The molecule has 0 aromatic carbocycles. The Morgan fingerprint density at radius 3 is 1.36 bits per heavy atom. The van der Waals surface area contributed by atoms with Crippen LogP contribution in [-0.4, -0.2) is 36.7 Å². The van der Waals surface area contributed by atoms with Crippen LogP contribution in [0.3, 0.4) is 0 Å². The molecule has 0 aromatic heterocycles. The van der Waals surface area contributed by atoms with E-state index < -0.39 is 0 Å². The van der Waals surface area contributed by atoms with Crippen LogP contribution in [0.2, 0.25) is 0 Å². The van der Waals surface area contributed by atoms with E-state index >= 15 is 0 Å². The third-order valence-electron chi connectivity index (χ3n) is 5.57. The van der Waals surface area contributed by atoms with Crippen molar-refractivity contribution < 1.29 is 4.74 Å². The zero-order valence-electron chi connectivity index (χ0n) is 17.7. The molecule has 1 saturated heterocycles. The van der Waals surface area contributed by atoms with E-state index in [4.69, 9.17) is 4.74 Å². The van der Waals surface area contributed by atoms with Crippen molar-refractivity contribution in [3.8, 4) is 0 Å². The normalized spacial score (nSPS) is 21.7. The Labute approximate surface area is 159 Å². The molecule has 0 N–H and O–H groups in total. The summed E-state index contributed by atoms with van der Waals surface area (Å²) < 4.78 is 5.80. The van der Waals surface area contributed by atoms with Crippen LogP contribution < -0.4 is 0 Å². The van der Waals surface area contributed by atoms with Gasteiger partial charge >= 0.3 is 0 Å². The van der Waals surface area contributed by atoms with Crippen LogP contribution in [0.5, 0.6) is 0 Å². The molecule has 2 heteroatoms. The van der Waals surface area contributed by atoms with E-state index in [1.165, 1.54) is 103 Å². The van der Waals surface area contributed by atoms with Gasteiger partial charge in [0.15, 0.2) is 0 Å². The lowest BCUT2D eigenvalue weighted by molar-refractivity contribution is -0.0681. The highest BCUT2D eigenvalue weighted by Crippen LogP contribution is 2.15. The Balaban J connectivity index is 1.75. The zero-order valence-corrected chi connectivity index (χ0v) is 17.7. The maximum atomic E-state index is 5.80. The first-order chi connectivity index (χ1) is 12.2. The van der Waals surface area contributed by atoms with Crippen molar-refractivity contribution in [3.63, 3.8) is 0 Å². The van der Waals surface area contributed by atoms with Gasteiger partial charge in [-0.2, -0.15) is 0 Å². The van der Waals surface area contributed by atoms with Crippen LogP contribution in [-0.2, 0) is 4.74 Å². The predicted molar refractivity (Wildman–Crippen MR) is 111 cm³/mol. The Kier molecular flexibility index (Phi) is 14.8. The monoisotopic (exact) mass is 353 g/mol. The van der Waals surface area contributed by atoms with Crippen LogP contribution in [0.4, 0.5) is 0 Å². The molecule has 2 nitrogen and oxygen atoms in total.